The molecule has 0 radical (unpaired) electrons. The minimum atomic E-state index is 0.364. The third-order valence-corrected chi connectivity index (χ3v) is 3.39. The van der Waals surface area contributed by atoms with Crippen LogP contribution in [0.15, 0.2) is 0 Å². The summed E-state index contributed by atoms with van der Waals surface area (Å²) in [5, 5.41) is 6.60. The molecule has 0 aromatic heterocycles. The average Bonchev–Trinajstić information content (AvgIpc) is 2.31. The molecule has 2 aliphatic heterocycles. The first-order valence-electron chi connectivity index (χ1n) is 6.05. The molecule has 0 atom stereocenters. The highest BCUT2D eigenvalue weighted by Crippen LogP contribution is 2.17. The van der Waals surface area contributed by atoms with E-state index in [1.165, 1.54) is 0 Å². The van der Waals surface area contributed by atoms with Crippen molar-refractivity contribution in [2.45, 2.75) is 19.3 Å². The van der Waals surface area contributed by atoms with Crippen LogP contribution in [-0.4, -0.2) is 50.1 Å². The van der Waals surface area contributed by atoms with Gasteiger partial charge in [0.05, 0.1) is 0 Å². The van der Waals surface area contributed by atoms with E-state index >= 15 is 0 Å². The molecule has 0 bridgehead atoms. The van der Waals surface area contributed by atoms with Crippen LogP contribution in [0.25, 0.3) is 0 Å². The fourth-order valence-electron chi connectivity index (χ4n) is 2.38. The summed E-state index contributed by atoms with van der Waals surface area (Å²) in [5.41, 5.74) is 0. The van der Waals surface area contributed by atoms with Gasteiger partial charge in [0.15, 0.2) is 0 Å². The number of carbonyl (C=O) groups is 1. The standard InChI is InChI=1S/C11H21N3O/c15-11(14-7-5-13-6-8-14)9-10-1-3-12-4-2-10/h10,12-13H,1-9H2. The number of hydrogen-bond acceptors (Lipinski definition) is 3. The zero-order valence-corrected chi connectivity index (χ0v) is 9.30. The second-order valence-corrected chi connectivity index (χ2v) is 4.53. The van der Waals surface area contributed by atoms with Gasteiger partial charge in [0.2, 0.25) is 5.91 Å². The van der Waals surface area contributed by atoms with E-state index in [0.717, 1.165) is 58.5 Å². The van der Waals surface area contributed by atoms with Crippen LogP contribution in [0, 0.1) is 5.92 Å². The molecular weight excluding hydrogens is 190 g/mol. The van der Waals surface area contributed by atoms with E-state index in [1.807, 2.05) is 4.90 Å². The molecule has 2 aliphatic rings. The van der Waals surface area contributed by atoms with Crippen molar-refractivity contribution < 1.29 is 4.79 Å². The molecule has 86 valence electrons. The van der Waals surface area contributed by atoms with Crippen LogP contribution < -0.4 is 10.6 Å². The van der Waals surface area contributed by atoms with Gasteiger partial charge in [-0.2, -0.15) is 0 Å². The smallest absolute Gasteiger partial charge is 0.222 e. The Morgan fingerprint density at radius 1 is 1.07 bits per heavy atom. The highest BCUT2D eigenvalue weighted by molar-refractivity contribution is 5.76. The molecule has 0 aromatic rings. The van der Waals surface area contributed by atoms with E-state index in [1.54, 1.807) is 0 Å². The summed E-state index contributed by atoms with van der Waals surface area (Å²) in [6.07, 6.45) is 3.09. The lowest BCUT2D eigenvalue weighted by Crippen LogP contribution is -2.47. The van der Waals surface area contributed by atoms with Gasteiger partial charge in [0.25, 0.3) is 0 Å². The number of nitrogens with zero attached hydrogens (tertiary/aromatic N) is 1. The fraction of sp³-hybridized carbons (Fsp3) is 0.909. The zero-order valence-electron chi connectivity index (χ0n) is 9.30. The maximum absolute atomic E-state index is 11.9. The average molecular weight is 211 g/mol. The molecule has 0 aliphatic carbocycles. The Hall–Kier alpha value is -0.610. The molecule has 2 heterocycles. The zero-order chi connectivity index (χ0) is 10.5. The van der Waals surface area contributed by atoms with Crippen molar-refractivity contribution in [2.24, 2.45) is 5.92 Å². The van der Waals surface area contributed by atoms with Gasteiger partial charge in [0.1, 0.15) is 0 Å². The molecular formula is C11H21N3O. The van der Waals surface area contributed by atoms with E-state index in [0.29, 0.717) is 11.8 Å². The highest BCUT2D eigenvalue weighted by Gasteiger charge is 2.21. The first-order chi connectivity index (χ1) is 7.36. The maximum Gasteiger partial charge on any atom is 0.222 e. The Bertz CT molecular complexity index is 208. The van der Waals surface area contributed by atoms with E-state index < -0.39 is 0 Å². The van der Waals surface area contributed by atoms with Gasteiger partial charge in [0, 0.05) is 32.6 Å². The summed E-state index contributed by atoms with van der Waals surface area (Å²) in [6, 6.07) is 0. The number of piperazine rings is 1. The summed E-state index contributed by atoms with van der Waals surface area (Å²) >= 11 is 0. The van der Waals surface area contributed by atoms with Crippen molar-refractivity contribution in [1.29, 1.82) is 0 Å². The molecule has 0 unspecified atom stereocenters. The van der Waals surface area contributed by atoms with Crippen molar-refractivity contribution in [2.75, 3.05) is 39.3 Å². The van der Waals surface area contributed by atoms with Crippen molar-refractivity contribution in [3.05, 3.63) is 0 Å². The van der Waals surface area contributed by atoms with Crippen LogP contribution in [0.5, 0.6) is 0 Å². The predicted octanol–water partition coefficient (Wildman–Crippen LogP) is -0.192. The number of rotatable bonds is 2. The summed E-state index contributed by atoms with van der Waals surface area (Å²) in [7, 11) is 0. The third-order valence-electron chi connectivity index (χ3n) is 3.39. The van der Waals surface area contributed by atoms with Crippen molar-refractivity contribution in [3.63, 3.8) is 0 Å². The van der Waals surface area contributed by atoms with Crippen LogP contribution in [0.1, 0.15) is 19.3 Å². The molecule has 1 amide bonds. The molecule has 0 saturated carbocycles. The fourth-order valence-corrected chi connectivity index (χ4v) is 2.38. The van der Waals surface area contributed by atoms with Crippen molar-refractivity contribution in [1.82, 2.24) is 15.5 Å². The van der Waals surface area contributed by atoms with Crippen molar-refractivity contribution in [3.8, 4) is 0 Å². The SMILES string of the molecule is O=C(CC1CCNCC1)N1CCNCC1. The Labute approximate surface area is 91.4 Å². The normalized spacial score (nSPS) is 24.1. The summed E-state index contributed by atoms with van der Waals surface area (Å²) in [4.78, 5) is 14.0. The third kappa shape index (κ3) is 3.18. The molecule has 4 heteroatoms. The van der Waals surface area contributed by atoms with Gasteiger partial charge in [-0.3, -0.25) is 4.79 Å². The van der Waals surface area contributed by atoms with Gasteiger partial charge in [-0.05, 0) is 31.8 Å². The van der Waals surface area contributed by atoms with Crippen LogP contribution in [0.4, 0.5) is 0 Å². The van der Waals surface area contributed by atoms with E-state index in [4.69, 9.17) is 0 Å². The number of amides is 1. The van der Waals surface area contributed by atoms with E-state index in [9.17, 15) is 4.79 Å². The molecule has 0 spiro atoms. The Kier molecular flexibility index (Phi) is 3.97. The molecule has 15 heavy (non-hydrogen) atoms. The van der Waals surface area contributed by atoms with Crippen LogP contribution in [-0.2, 0) is 4.79 Å². The van der Waals surface area contributed by atoms with Crippen LogP contribution in [0.2, 0.25) is 0 Å². The van der Waals surface area contributed by atoms with Crippen LogP contribution in [0.3, 0.4) is 0 Å². The summed E-state index contributed by atoms with van der Waals surface area (Å²) in [6.45, 7) is 5.86. The Morgan fingerprint density at radius 2 is 1.67 bits per heavy atom. The monoisotopic (exact) mass is 211 g/mol. The van der Waals surface area contributed by atoms with Gasteiger partial charge in [-0.1, -0.05) is 0 Å². The van der Waals surface area contributed by atoms with Crippen molar-refractivity contribution >= 4 is 5.91 Å². The molecule has 2 fully saturated rings. The van der Waals surface area contributed by atoms with E-state index in [-0.39, 0.29) is 0 Å². The lowest BCUT2D eigenvalue weighted by atomic mass is 9.94. The number of carbonyl (C=O) groups excluding carboxylic acids is 1. The number of piperidine rings is 1. The Morgan fingerprint density at radius 3 is 2.33 bits per heavy atom. The molecule has 0 aromatic carbocycles. The molecule has 4 nitrogen and oxygen atoms in total. The first-order valence-corrected chi connectivity index (χ1v) is 6.05. The molecule has 2 rings (SSSR count). The summed E-state index contributed by atoms with van der Waals surface area (Å²) < 4.78 is 0. The minimum absolute atomic E-state index is 0.364. The second-order valence-electron chi connectivity index (χ2n) is 4.53. The van der Waals surface area contributed by atoms with Gasteiger partial charge < -0.3 is 15.5 Å². The first kappa shape index (κ1) is 10.9. The maximum atomic E-state index is 11.9. The molecule has 2 saturated heterocycles. The summed E-state index contributed by atoms with van der Waals surface area (Å²) in [5.74, 6) is 0.983. The van der Waals surface area contributed by atoms with Gasteiger partial charge in [-0.15, -0.1) is 0 Å². The predicted molar refractivity (Wildman–Crippen MR) is 59.7 cm³/mol. The highest BCUT2D eigenvalue weighted by atomic mass is 16.2. The number of hydrogen-bond donors (Lipinski definition) is 2. The van der Waals surface area contributed by atoms with Crippen LogP contribution >= 0.6 is 0 Å². The number of nitrogens with one attached hydrogen (secondary N) is 2. The van der Waals surface area contributed by atoms with Gasteiger partial charge >= 0.3 is 0 Å². The Balaban J connectivity index is 1.74. The quantitative estimate of drug-likeness (QED) is 0.665. The topological polar surface area (TPSA) is 44.4 Å². The lowest BCUT2D eigenvalue weighted by molar-refractivity contribution is -0.132. The minimum Gasteiger partial charge on any atom is -0.340 e. The van der Waals surface area contributed by atoms with Gasteiger partial charge in [-0.25, -0.2) is 0 Å². The lowest BCUT2D eigenvalue weighted by Gasteiger charge is -2.30. The van der Waals surface area contributed by atoms with E-state index in [2.05, 4.69) is 10.6 Å². The molecule has 2 N–H and O–H groups in total. The second kappa shape index (κ2) is 5.47. The largest absolute Gasteiger partial charge is 0.340 e.